The SMILES string of the molecule is CCN(CC)CCN(C(=O)CCSc1ccc(Cl)cc1)c1nc2c(C)cc(C)cc2s1. The predicted molar refractivity (Wildman–Crippen MR) is 136 cm³/mol. The molecular weight excluding hydrogens is 446 g/mol. The summed E-state index contributed by atoms with van der Waals surface area (Å²) in [7, 11) is 0. The summed E-state index contributed by atoms with van der Waals surface area (Å²) in [6, 6.07) is 12.1. The van der Waals surface area contributed by atoms with Crippen molar-refractivity contribution in [3.63, 3.8) is 0 Å². The first-order valence-electron chi connectivity index (χ1n) is 10.7. The second-order valence-electron chi connectivity index (χ2n) is 7.55. The highest BCUT2D eigenvalue weighted by molar-refractivity contribution is 7.99. The van der Waals surface area contributed by atoms with Gasteiger partial charge in [-0.3, -0.25) is 9.69 Å². The molecule has 0 saturated heterocycles. The van der Waals surface area contributed by atoms with E-state index in [0.29, 0.717) is 13.0 Å². The second-order valence-corrected chi connectivity index (χ2v) is 10.2. The van der Waals surface area contributed by atoms with Gasteiger partial charge < -0.3 is 4.90 Å². The molecule has 1 aromatic heterocycles. The Morgan fingerprint density at radius 3 is 2.48 bits per heavy atom. The number of amides is 1. The van der Waals surface area contributed by atoms with Crippen molar-refractivity contribution >= 4 is 56.0 Å². The van der Waals surface area contributed by atoms with Gasteiger partial charge in [-0.15, -0.1) is 11.8 Å². The van der Waals surface area contributed by atoms with Crippen molar-refractivity contribution in [3.05, 3.63) is 52.5 Å². The molecule has 0 aliphatic carbocycles. The third-order valence-electron chi connectivity index (χ3n) is 5.28. The van der Waals surface area contributed by atoms with Crippen LogP contribution in [-0.2, 0) is 4.79 Å². The fourth-order valence-electron chi connectivity index (χ4n) is 3.50. The summed E-state index contributed by atoms with van der Waals surface area (Å²) in [5, 5.41) is 1.53. The maximum Gasteiger partial charge on any atom is 0.229 e. The molecule has 7 heteroatoms. The Balaban J connectivity index is 1.76. The van der Waals surface area contributed by atoms with E-state index in [2.05, 4.69) is 44.7 Å². The Labute approximate surface area is 198 Å². The molecule has 0 aliphatic rings. The molecule has 0 bridgehead atoms. The molecular formula is C24H30ClN3OS2. The number of halogens is 1. The average molecular weight is 476 g/mol. The molecule has 1 heterocycles. The number of aryl methyl sites for hydroxylation is 2. The van der Waals surface area contributed by atoms with Gasteiger partial charge in [-0.05, 0) is 68.4 Å². The van der Waals surface area contributed by atoms with Crippen LogP contribution in [0.25, 0.3) is 10.2 Å². The molecule has 0 atom stereocenters. The summed E-state index contributed by atoms with van der Waals surface area (Å²) < 4.78 is 1.14. The van der Waals surface area contributed by atoms with Crippen molar-refractivity contribution < 1.29 is 4.79 Å². The van der Waals surface area contributed by atoms with E-state index >= 15 is 0 Å². The number of hydrogen-bond donors (Lipinski definition) is 0. The molecule has 0 saturated carbocycles. The zero-order valence-electron chi connectivity index (χ0n) is 18.7. The average Bonchev–Trinajstić information content (AvgIpc) is 3.16. The van der Waals surface area contributed by atoms with Crippen molar-refractivity contribution in [1.82, 2.24) is 9.88 Å². The first-order valence-corrected chi connectivity index (χ1v) is 12.9. The maximum atomic E-state index is 13.2. The van der Waals surface area contributed by atoms with Crippen LogP contribution in [0.4, 0.5) is 5.13 Å². The minimum absolute atomic E-state index is 0.127. The third-order valence-corrected chi connectivity index (χ3v) is 7.57. The van der Waals surface area contributed by atoms with Crippen molar-refractivity contribution in [2.24, 2.45) is 0 Å². The van der Waals surface area contributed by atoms with Crippen molar-refractivity contribution in [1.29, 1.82) is 0 Å². The lowest BCUT2D eigenvalue weighted by Crippen LogP contribution is -2.39. The van der Waals surface area contributed by atoms with Crippen LogP contribution in [0.2, 0.25) is 5.02 Å². The van der Waals surface area contributed by atoms with Gasteiger partial charge >= 0.3 is 0 Å². The molecule has 4 nitrogen and oxygen atoms in total. The van der Waals surface area contributed by atoms with Gasteiger partial charge in [-0.2, -0.15) is 0 Å². The fourth-order valence-corrected chi connectivity index (χ4v) is 5.66. The van der Waals surface area contributed by atoms with Crippen molar-refractivity contribution in [3.8, 4) is 0 Å². The molecule has 1 amide bonds. The summed E-state index contributed by atoms with van der Waals surface area (Å²) in [6.07, 6.45) is 0.472. The first-order chi connectivity index (χ1) is 14.9. The van der Waals surface area contributed by atoms with E-state index in [1.54, 1.807) is 23.1 Å². The lowest BCUT2D eigenvalue weighted by Gasteiger charge is -2.24. The Hall–Kier alpha value is -1.60. The lowest BCUT2D eigenvalue weighted by molar-refractivity contribution is -0.118. The molecule has 2 aromatic carbocycles. The molecule has 0 spiro atoms. The predicted octanol–water partition coefficient (Wildman–Crippen LogP) is 6.42. The van der Waals surface area contributed by atoms with Gasteiger partial charge in [-0.1, -0.05) is 42.9 Å². The number of fused-ring (bicyclic) bond motifs is 1. The quantitative estimate of drug-likeness (QED) is 0.317. The van der Waals surface area contributed by atoms with Crippen molar-refractivity contribution in [2.45, 2.75) is 39.0 Å². The van der Waals surface area contributed by atoms with Crippen LogP contribution in [0.1, 0.15) is 31.4 Å². The van der Waals surface area contributed by atoms with Crippen LogP contribution in [0.3, 0.4) is 0 Å². The molecule has 0 fully saturated rings. The molecule has 0 aliphatic heterocycles. The molecule has 3 aromatic rings. The number of anilines is 1. The highest BCUT2D eigenvalue weighted by atomic mass is 35.5. The standard InChI is InChI=1S/C24H30ClN3OS2/c1-5-27(6-2)12-13-28(22(29)11-14-30-20-9-7-19(25)8-10-20)24-26-23-18(4)15-17(3)16-21(23)31-24/h7-10,15-16H,5-6,11-14H2,1-4H3. The van der Waals surface area contributed by atoms with Gasteiger partial charge in [0, 0.05) is 35.2 Å². The number of hydrogen-bond acceptors (Lipinski definition) is 5. The number of likely N-dealkylation sites (N-methyl/N-ethyl adjacent to an activating group) is 1. The smallest absolute Gasteiger partial charge is 0.229 e. The zero-order chi connectivity index (χ0) is 22.4. The van der Waals surface area contributed by atoms with Crippen molar-refractivity contribution in [2.75, 3.05) is 36.8 Å². The summed E-state index contributed by atoms with van der Waals surface area (Å²) in [5.74, 6) is 0.854. The van der Waals surface area contributed by atoms with Gasteiger partial charge in [0.05, 0.1) is 10.2 Å². The zero-order valence-corrected chi connectivity index (χ0v) is 21.0. The molecule has 166 valence electrons. The summed E-state index contributed by atoms with van der Waals surface area (Å²) >= 11 is 9.26. The van der Waals surface area contributed by atoms with Gasteiger partial charge in [-0.25, -0.2) is 4.98 Å². The molecule has 3 rings (SSSR count). The highest BCUT2D eigenvalue weighted by Crippen LogP contribution is 2.32. The number of aromatic nitrogens is 1. The van der Waals surface area contributed by atoms with E-state index in [1.807, 2.05) is 29.2 Å². The minimum Gasteiger partial charge on any atom is -0.302 e. The van der Waals surface area contributed by atoms with Gasteiger partial charge in [0.25, 0.3) is 0 Å². The minimum atomic E-state index is 0.127. The molecule has 0 radical (unpaired) electrons. The number of carbonyl (C=O) groups excluding carboxylic acids is 1. The van der Waals surface area contributed by atoms with Crippen LogP contribution in [0.15, 0.2) is 41.3 Å². The van der Waals surface area contributed by atoms with Crippen LogP contribution in [0.5, 0.6) is 0 Å². The summed E-state index contributed by atoms with van der Waals surface area (Å²) in [4.78, 5) is 23.5. The number of thiazole rings is 1. The van der Waals surface area contributed by atoms with E-state index in [4.69, 9.17) is 16.6 Å². The Kier molecular flexibility index (Phi) is 8.78. The van der Waals surface area contributed by atoms with E-state index in [0.717, 1.165) is 56.2 Å². The monoisotopic (exact) mass is 475 g/mol. The van der Waals surface area contributed by atoms with Gasteiger partial charge in [0.15, 0.2) is 5.13 Å². The number of carbonyl (C=O) groups is 1. The van der Waals surface area contributed by atoms with E-state index < -0.39 is 0 Å². The molecule has 0 unspecified atom stereocenters. The molecule has 31 heavy (non-hydrogen) atoms. The second kappa shape index (κ2) is 11.3. The number of rotatable bonds is 10. The largest absolute Gasteiger partial charge is 0.302 e. The van der Waals surface area contributed by atoms with Gasteiger partial charge in [0.1, 0.15) is 0 Å². The van der Waals surface area contributed by atoms with E-state index in [1.165, 1.54) is 5.56 Å². The highest BCUT2D eigenvalue weighted by Gasteiger charge is 2.21. The summed E-state index contributed by atoms with van der Waals surface area (Å²) in [6.45, 7) is 11.9. The lowest BCUT2D eigenvalue weighted by atomic mass is 10.1. The Morgan fingerprint density at radius 2 is 1.81 bits per heavy atom. The van der Waals surface area contributed by atoms with Crippen LogP contribution < -0.4 is 4.90 Å². The van der Waals surface area contributed by atoms with Gasteiger partial charge in [0.2, 0.25) is 5.91 Å². The topological polar surface area (TPSA) is 36.4 Å². The Morgan fingerprint density at radius 1 is 1.10 bits per heavy atom. The van der Waals surface area contributed by atoms with E-state index in [9.17, 15) is 4.79 Å². The summed E-state index contributed by atoms with van der Waals surface area (Å²) in [5.41, 5.74) is 3.38. The van der Waals surface area contributed by atoms with E-state index in [-0.39, 0.29) is 5.91 Å². The van der Waals surface area contributed by atoms with Crippen LogP contribution >= 0.6 is 34.7 Å². The number of thioether (sulfide) groups is 1. The van der Waals surface area contributed by atoms with Crippen LogP contribution in [-0.4, -0.2) is 47.7 Å². The Bertz CT molecular complexity index is 1020. The third kappa shape index (κ3) is 6.45. The number of nitrogens with zero attached hydrogens (tertiary/aromatic N) is 3. The fraction of sp³-hybridized carbons (Fsp3) is 0.417. The van der Waals surface area contributed by atoms with Crippen LogP contribution in [0, 0.1) is 13.8 Å². The molecule has 0 N–H and O–H groups in total. The number of benzene rings is 2. The first kappa shape index (κ1) is 24.1. The normalized spacial score (nSPS) is 11.4. The maximum absolute atomic E-state index is 13.2.